The molecule has 0 aliphatic heterocycles. The van der Waals surface area contributed by atoms with E-state index in [9.17, 15) is 13.0 Å². The number of aliphatic carboxylic acids is 1. The van der Waals surface area contributed by atoms with E-state index in [0.29, 0.717) is 0 Å². The zero-order valence-corrected chi connectivity index (χ0v) is 13.1. The summed E-state index contributed by atoms with van der Waals surface area (Å²) in [6.45, 7) is 1.08. The molecule has 1 rings (SSSR count). The molecule has 0 radical (unpaired) electrons. The summed E-state index contributed by atoms with van der Waals surface area (Å²) in [6, 6.07) is 4.76. The van der Waals surface area contributed by atoms with Crippen molar-refractivity contribution in [3.63, 3.8) is 0 Å². The summed E-state index contributed by atoms with van der Waals surface area (Å²) in [5, 5.41) is 16.2. The van der Waals surface area contributed by atoms with E-state index in [1.54, 1.807) is 0 Å². The fourth-order valence-electron chi connectivity index (χ4n) is 0.620. The number of hydrogen-bond acceptors (Lipinski definition) is 6. The van der Waals surface area contributed by atoms with E-state index in [4.69, 9.17) is 15.0 Å². The number of carbonyl (C=O) groups is 1. The van der Waals surface area contributed by atoms with Gasteiger partial charge in [-0.3, -0.25) is 4.79 Å². The van der Waals surface area contributed by atoms with E-state index >= 15 is 0 Å². The number of rotatable bonds is 2. The predicted molar refractivity (Wildman–Crippen MR) is 51.7 cm³/mol. The van der Waals surface area contributed by atoms with Crippen molar-refractivity contribution in [1.29, 1.82) is 0 Å². The van der Waals surface area contributed by atoms with Gasteiger partial charge in [0.1, 0.15) is 11.5 Å². The summed E-state index contributed by atoms with van der Waals surface area (Å²) in [6.07, 6.45) is 0. The van der Waals surface area contributed by atoms with Gasteiger partial charge in [-0.25, -0.2) is 8.42 Å². The van der Waals surface area contributed by atoms with Crippen molar-refractivity contribution < 1.29 is 83.5 Å². The number of phenols is 1. The van der Waals surface area contributed by atoms with Crippen LogP contribution in [0.4, 0.5) is 0 Å². The van der Waals surface area contributed by atoms with Gasteiger partial charge < -0.3 is 18.9 Å². The average molecular weight is 288 g/mol. The van der Waals surface area contributed by atoms with Gasteiger partial charge in [0.05, 0.1) is 0 Å². The Kier molecular flexibility index (Phi) is 10.00. The Morgan fingerprint density at radius 2 is 1.65 bits per heavy atom. The predicted octanol–water partition coefficient (Wildman–Crippen LogP) is -2.67. The summed E-state index contributed by atoms with van der Waals surface area (Å²) < 4.78 is 34.1. The summed E-state index contributed by atoms with van der Waals surface area (Å²) in [5.41, 5.74) is 0. The molecule has 0 unspecified atom stereocenters. The van der Waals surface area contributed by atoms with E-state index in [2.05, 4.69) is 4.18 Å². The number of hydrogen-bond donors (Lipinski definition) is 2. The van der Waals surface area contributed by atoms with Gasteiger partial charge in [-0.15, -0.1) is 0 Å². The van der Waals surface area contributed by atoms with Crippen LogP contribution < -0.4 is 55.6 Å². The Labute approximate surface area is 141 Å². The average Bonchev–Trinajstić information content (AvgIpc) is 2.05. The molecule has 0 aromatic heterocycles. The topological polar surface area (TPSA) is 124 Å². The SMILES string of the molecule is CC(=O)O.O=S(=O)([O-])Oc1ccc(O)cc1.[K+]. The van der Waals surface area contributed by atoms with E-state index in [-0.39, 0.29) is 62.9 Å². The second kappa shape index (κ2) is 8.86. The van der Waals surface area contributed by atoms with Crippen LogP contribution in [0.2, 0.25) is 0 Å². The third-order valence-electron chi connectivity index (χ3n) is 1.04. The van der Waals surface area contributed by atoms with Gasteiger partial charge in [0.25, 0.3) is 16.4 Å². The first-order valence-electron chi connectivity index (χ1n) is 3.84. The minimum Gasteiger partial charge on any atom is -0.716 e. The third kappa shape index (κ3) is 13.8. The van der Waals surface area contributed by atoms with Gasteiger partial charge in [-0.2, -0.15) is 0 Å². The second-order valence-electron chi connectivity index (χ2n) is 2.50. The normalized spacial score (nSPS) is 9.29. The minimum absolute atomic E-state index is 0. The fraction of sp³-hybridized carbons (Fsp3) is 0.125. The quantitative estimate of drug-likeness (QED) is 0.345. The molecule has 0 spiro atoms. The van der Waals surface area contributed by atoms with Crippen LogP contribution in [0.5, 0.6) is 11.5 Å². The maximum atomic E-state index is 10.0. The molecule has 0 aliphatic rings. The van der Waals surface area contributed by atoms with Crippen LogP contribution in [0.1, 0.15) is 6.92 Å². The van der Waals surface area contributed by atoms with Crippen molar-refractivity contribution in [1.82, 2.24) is 0 Å². The molecule has 1 aromatic rings. The molecule has 9 heteroatoms. The zero-order valence-electron chi connectivity index (χ0n) is 9.15. The van der Waals surface area contributed by atoms with Crippen LogP contribution in [-0.4, -0.2) is 29.2 Å². The number of aromatic hydroxyl groups is 1. The summed E-state index contributed by atoms with van der Waals surface area (Å²) >= 11 is 0. The van der Waals surface area contributed by atoms with Crippen LogP contribution in [0.3, 0.4) is 0 Å². The molecule has 0 aliphatic carbocycles. The van der Waals surface area contributed by atoms with Crippen LogP contribution >= 0.6 is 0 Å². The molecule has 1 aromatic carbocycles. The Hall–Kier alpha value is -0.164. The maximum Gasteiger partial charge on any atom is 1.00 e. The second-order valence-corrected chi connectivity index (χ2v) is 3.49. The molecule has 17 heavy (non-hydrogen) atoms. The Bertz CT molecular complexity index is 435. The molecular weight excluding hydrogens is 279 g/mol. The van der Waals surface area contributed by atoms with Crippen LogP contribution in [0.25, 0.3) is 0 Å². The molecular formula is C8H9KO7S. The molecule has 0 heterocycles. The Balaban J connectivity index is 0. The van der Waals surface area contributed by atoms with Gasteiger partial charge in [-0.1, -0.05) is 0 Å². The van der Waals surface area contributed by atoms with Gasteiger partial charge in [0.15, 0.2) is 0 Å². The van der Waals surface area contributed by atoms with Gasteiger partial charge in [-0.05, 0) is 24.3 Å². The first kappa shape index (κ1) is 19.2. The summed E-state index contributed by atoms with van der Waals surface area (Å²) in [4.78, 5) is 9.00. The molecule has 0 fully saturated rings. The van der Waals surface area contributed by atoms with Gasteiger partial charge in [0.2, 0.25) is 0 Å². The first-order valence-corrected chi connectivity index (χ1v) is 5.18. The first-order chi connectivity index (χ1) is 7.20. The van der Waals surface area contributed by atoms with Crippen LogP contribution in [0.15, 0.2) is 24.3 Å². The minimum atomic E-state index is -4.72. The molecule has 2 N–H and O–H groups in total. The molecule has 7 nitrogen and oxygen atoms in total. The molecule has 90 valence electrons. The molecule has 0 saturated heterocycles. The molecule has 0 bridgehead atoms. The van der Waals surface area contributed by atoms with E-state index in [1.165, 1.54) is 24.3 Å². The number of carboxylic acid groups (broad SMARTS) is 1. The standard InChI is InChI=1S/C6H6O5S.C2H4O2.K/c7-5-1-3-6(4-2-5)11-12(8,9)10;1-2(3)4;/h1-4,7H,(H,8,9,10);1H3,(H,3,4);/q;;+1/p-1. The van der Waals surface area contributed by atoms with Crippen LogP contribution in [-0.2, 0) is 15.2 Å². The van der Waals surface area contributed by atoms with Crippen molar-refractivity contribution in [2.24, 2.45) is 0 Å². The maximum absolute atomic E-state index is 10.0. The number of phenolic OH excluding ortho intramolecular Hbond substituents is 1. The van der Waals surface area contributed by atoms with Crippen molar-refractivity contribution in [3.8, 4) is 11.5 Å². The molecule has 0 amide bonds. The van der Waals surface area contributed by atoms with E-state index < -0.39 is 16.4 Å². The van der Waals surface area contributed by atoms with Crippen molar-refractivity contribution in [2.75, 3.05) is 0 Å². The smallest absolute Gasteiger partial charge is 0.716 e. The van der Waals surface area contributed by atoms with Gasteiger partial charge >= 0.3 is 51.4 Å². The number of benzene rings is 1. The zero-order chi connectivity index (χ0) is 12.8. The van der Waals surface area contributed by atoms with Gasteiger partial charge in [0, 0.05) is 6.92 Å². The summed E-state index contributed by atoms with van der Waals surface area (Å²) in [5.74, 6) is -0.992. The Morgan fingerprint density at radius 3 is 1.94 bits per heavy atom. The van der Waals surface area contributed by atoms with E-state index in [1.807, 2.05) is 0 Å². The van der Waals surface area contributed by atoms with Crippen molar-refractivity contribution >= 4 is 16.4 Å². The summed E-state index contributed by atoms with van der Waals surface area (Å²) in [7, 11) is -4.72. The molecule has 0 atom stereocenters. The molecule has 0 saturated carbocycles. The largest absolute Gasteiger partial charge is 1.00 e. The van der Waals surface area contributed by atoms with Crippen molar-refractivity contribution in [3.05, 3.63) is 24.3 Å². The number of carboxylic acids is 1. The fourth-order valence-corrected chi connectivity index (χ4v) is 0.966. The third-order valence-corrected chi connectivity index (χ3v) is 1.43. The van der Waals surface area contributed by atoms with Crippen LogP contribution in [0, 0.1) is 0 Å². The van der Waals surface area contributed by atoms with E-state index in [0.717, 1.165) is 6.92 Å². The Morgan fingerprint density at radius 1 is 1.29 bits per heavy atom. The monoisotopic (exact) mass is 288 g/mol. The van der Waals surface area contributed by atoms with Crippen molar-refractivity contribution in [2.45, 2.75) is 6.92 Å².